The van der Waals surface area contributed by atoms with Crippen LogP contribution >= 0.6 is 11.6 Å². The number of carbonyl (C=O) groups is 2. The molecule has 0 fully saturated rings. The Morgan fingerprint density at radius 3 is 2.04 bits per heavy atom. The SMILES string of the molecule is O=C1c2c(O)cccc2C(=O)c2c1c(O)c([N+](=O)[O-])c(Cl)c2[N+](=O)[O-]. The highest BCUT2D eigenvalue weighted by Crippen LogP contribution is 2.49. The first-order valence-corrected chi connectivity index (χ1v) is 6.84. The van der Waals surface area contributed by atoms with Gasteiger partial charge in [0.25, 0.3) is 0 Å². The third kappa shape index (κ3) is 2.04. The summed E-state index contributed by atoms with van der Waals surface area (Å²) < 4.78 is 0. The number of fused-ring (bicyclic) bond motifs is 2. The minimum Gasteiger partial charge on any atom is -0.507 e. The molecule has 2 N–H and O–H groups in total. The predicted octanol–water partition coefficient (Wildman–Crippen LogP) is 2.34. The van der Waals surface area contributed by atoms with Crippen molar-refractivity contribution in [2.75, 3.05) is 0 Å². The van der Waals surface area contributed by atoms with E-state index in [-0.39, 0.29) is 5.56 Å². The van der Waals surface area contributed by atoms with Crippen molar-refractivity contribution in [3.05, 3.63) is 65.7 Å². The molecule has 0 saturated carbocycles. The van der Waals surface area contributed by atoms with Gasteiger partial charge < -0.3 is 10.2 Å². The average Bonchev–Trinajstić information content (AvgIpc) is 2.51. The fraction of sp³-hybridized carbons (Fsp3) is 0. The quantitative estimate of drug-likeness (QED) is 0.517. The first-order chi connectivity index (χ1) is 11.7. The molecule has 126 valence electrons. The molecular weight excluding hydrogens is 360 g/mol. The zero-order chi connectivity index (χ0) is 18.6. The number of phenolic OH excluding ortho intramolecular Hbond substituents is 2. The van der Waals surface area contributed by atoms with Gasteiger partial charge in [-0.15, -0.1) is 0 Å². The molecule has 2 aromatic rings. The van der Waals surface area contributed by atoms with E-state index in [0.29, 0.717) is 0 Å². The molecule has 0 atom stereocenters. The summed E-state index contributed by atoms with van der Waals surface area (Å²) in [6.45, 7) is 0. The maximum Gasteiger partial charge on any atom is 0.337 e. The van der Waals surface area contributed by atoms with Crippen LogP contribution in [0.1, 0.15) is 31.8 Å². The van der Waals surface area contributed by atoms with E-state index in [2.05, 4.69) is 0 Å². The molecule has 0 aromatic heterocycles. The second-order valence-corrected chi connectivity index (χ2v) is 5.36. The van der Waals surface area contributed by atoms with Crippen molar-refractivity contribution >= 4 is 34.5 Å². The second-order valence-electron chi connectivity index (χ2n) is 4.98. The van der Waals surface area contributed by atoms with Crippen molar-refractivity contribution in [2.24, 2.45) is 0 Å². The lowest BCUT2D eigenvalue weighted by atomic mass is 9.82. The third-order valence-corrected chi connectivity index (χ3v) is 4.06. The monoisotopic (exact) mass is 364 g/mol. The Morgan fingerprint density at radius 2 is 1.48 bits per heavy atom. The fourth-order valence-electron chi connectivity index (χ4n) is 2.69. The molecule has 0 amide bonds. The summed E-state index contributed by atoms with van der Waals surface area (Å²) >= 11 is 5.66. The van der Waals surface area contributed by atoms with Gasteiger partial charge in [0.15, 0.2) is 0 Å². The maximum absolute atomic E-state index is 12.6. The first-order valence-electron chi connectivity index (χ1n) is 6.47. The number of nitro groups is 2. The second kappa shape index (κ2) is 5.24. The highest BCUT2D eigenvalue weighted by atomic mass is 35.5. The Labute approximate surface area is 142 Å². The fourth-order valence-corrected chi connectivity index (χ4v) is 3.01. The van der Waals surface area contributed by atoms with Gasteiger partial charge in [-0.25, -0.2) is 0 Å². The van der Waals surface area contributed by atoms with E-state index in [1.807, 2.05) is 0 Å². The summed E-state index contributed by atoms with van der Waals surface area (Å²) in [5.41, 5.74) is -5.09. The van der Waals surface area contributed by atoms with E-state index in [1.165, 1.54) is 6.07 Å². The topological polar surface area (TPSA) is 161 Å². The molecule has 0 aliphatic heterocycles. The summed E-state index contributed by atoms with van der Waals surface area (Å²) in [6.07, 6.45) is 0. The highest BCUT2D eigenvalue weighted by Gasteiger charge is 2.45. The zero-order valence-corrected chi connectivity index (χ0v) is 12.6. The Kier molecular flexibility index (Phi) is 3.43. The maximum atomic E-state index is 12.6. The number of benzene rings is 2. The Hall–Kier alpha value is -3.53. The van der Waals surface area contributed by atoms with Gasteiger partial charge in [0, 0.05) is 5.56 Å². The Balaban J connectivity index is 2.55. The molecule has 11 heteroatoms. The number of nitro benzene ring substituents is 2. The highest BCUT2D eigenvalue weighted by molar-refractivity contribution is 6.39. The number of aromatic hydroxyl groups is 2. The van der Waals surface area contributed by atoms with Crippen molar-refractivity contribution in [2.45, 2.75) is 0 Å². The van der Waals surface area contributed by atoms with Gasteiger partial charge >= 0.3 is 11.4 Å². The van der Waals surface area contributed by atoms with Crippen LogP contribution in [0.25, 0.3) is 0 Å². The van der Waals surface area contributed by atoms with E-state index in [4.69, 9.17) is 11.6 Å². The molecule has 0 unspecified atom stereocenters. The molecular formula is C14H5ClN2O8. The van der Waals surface area contributed by atoms with Gasteiger partial charge in [-0.2, -0.15) is 0 Å². The van der Waals surface area contributed by atoms with Crippen molar-refractivity contribution in [3.63, 3.8) is 0 Å². The number of halogens is 1. The van der Waals surface area contributed by atoms with E-state index in [9.17, 15) is 40.0 Å². The third-order valence-electron chi connectivity index (χ3n) is 3.70. The van der Waals surface area contributed by atoms with Gasteiger partial charge in [0.2, 0.25) is 22.3 Å². The lowest BCUT2D eigenvalue weighted by Crippen LogP contribution is -2.23. The van der Waals surface area contributed by atoms with E-state index < -0.39 is 66.0 Å². The lowest BCUT2D eigenvalue weighted by molar-refractivity contribution is -0.394. The van der Waals surface area contributed by atoms with Crippen LogP contribution in [0.15, 0.2) is 18.2 Å². The van der Waals surface area contributed by atoms with Crippen LogP contribution in [0.2, 0.25) is 5.02 Å². The van der Waals surface area contributed by atoms with Gasteiger partial charge in [-0.3, -0.25) is 29.8 Å². The van der Waals surface area contributed by atoms with Gasteiger partial charge in [0.05, 0.1) is 21.0 Å². The minimum absolute atomic E-state index is 0.343. The number of hydrogen-bond acceptors (Lipinski definition) is 8. The van der Waals surface area contributed by atoms with Crippen LogP contribution in [0, 0.1) is 20.2 Å². The number of hydrogen-bond donors (Lipinski definition) is 2. The number of carbonyl (C=O) groups excluding carboxylic acids is 2. The molecule has 10 nitrogen and oxygen atoms in total. The average molecular weight is 365 g/mol. The van der Waals surface area contributed by atoms with Crippen LogP contribution in [-0.4, -0.2) is 31.6 Å². The summed E-state index contributed by atoms with van der Waals surface area (Å²) in [5, 5.41) is 41.3. The normalized spacial score (nSPS) is 12.5. The van der Waals surface area contributed by atoms with Crippen LogP contribution in [0.4, 0.5) is 11.4 Å². The summed E-state index contributed by atoms with van der Waals surface area (Å²) in [5.74, 6) is -4.12. The van der Waals surface area contributed by atoms with E-state index in [0.717, 1.165) is 12.1 Å². The molecule has 0 saturated heterocycles. The Morgan fingerprint density at radius 1 is 0.880 bits per heavy atom. The summed E-state index contributed by atoms with van der Waals surface area (Å²) in [7, 11) is 0. The molecule has 3 rings (SSSR count). The summed E-state index contributed by atoms with van der Waals surface area (Å²) in [4.78, 5) is 45.3. The first kappa shape index (κ1) is 16.3. The van der Waals surface area contributed by atoms with Crippen LogP contribution in [0.3, 0.4) is 0 Å². The van der Waals surface area contributed by atoms with Crippen molar-refractivity contribution in [1.29, 1.82) is 0 Å². The van der Waals surface area contributed by atoms with E-state index >= 15 is 0 Å². The number of phenols is 2. The van der Waals surface area contributed by atoms with Gasteiger partial charge in [-0.1, -0.05) is 23.7 Å². The number of rotatable bonds is 2. The minimum atomic E-state index is -1.28. The van der Waals surface area contributed by atoms with Crippen molar-refractivity contribution < 1.29 is 29.6 Å². The van der Waals surface area contributed by atoms with Crippen LogP contribution in [-0.2, 0) is 0 Å². The molecule has 1 aliphatic carbocycles. The van der Waals surface area contributed by atoms with Crippen LogP contribution in [0.5, 0.6) is 11.5 Å². The molecule has 0 bridgehead atoms. The molecule has 0 spiro atoms. The molecule has 25 heavy (non-hydrogen) atoms. The Bertz CT molecular complexity index is 1030. The van der Waals surface area contributed by atoms with Crippen LogP contribution < -0.4 is 0 Å². The number of ketones is 2. The lowest BCUT2D eigenvalue weighted by Gasteiger charge is -2.19. The number of nitrogens with zero attached hydrogens (tertiary/aromatic N) is 2. The predicted molar refractivity (Wildman–Crippen MR) is 81.4 cm³/mol. The molecule has 1 aliphatic rings. The smallest absolute Gasteiger partial charge is 0.337 e. The van der Waals surface area contributed by atoms with E-state index in [1.54, 1.807) is 0 Å². The standard InChI is InChI=1S/C14H5ClN2O8/c15-9-10(16(22)23)7-8(14(21)11(9)17(24)25)13(20)6-4(12(7)19)2-1-3-5(6)18/h1-3,18,21H. The van der Waals surface area contributed by atoms with Crippen molar-refractivity contribution in [1.82, 2.24) is 0 Å². The zero-order valence-electron chi connectivity index (χ0n) is 11.8. The molecule has 2 aromatic carbocycles. The molecule has 0 radical (unpaired) electrons. The van der Waals surface area contributed by atoms with Gasteiger partial charge in [0.1, 0.15) is 11.3 Å². The summed E-state index contributed by atoms with van der Waals surface area (Å²) in [6, 6.07) is 3.47. The van der Waals surface area contributed by atoms with Crippen molar-refractivity contribution in [3.8, 4) is 11.5 Å². The largest absolute Gasteiger partial charge is 0.507 e. The van der Waals surface area contributed by atoms with Gasteiger partial charge in [-0.05, 0) is 6.07 Å². The molecule has 0 heterocycles.